The number of halogens is 3. The minimum atomic E-state index is -4.17. The molecule has 0 spiro atoms. The zero-order valence-electron chi connectivity index (χ0n) is 5.44. The molecule has 0 bridgehead atoms. The molecule has 0 rings (SSSR count). The smallest absolute Gasteiger partial charge is 0.379 e. The highest BCUT2D eigenvalue weighted by atomic mass is 32.2. The van der Waals surface area contributed by atoms with Gasteiger partial charge in [-0.1, -0.05) is 23.5 Å². The molecule has 2 nitrogen and oxygen atoms in total. The van der Waals surface area contributed by atoms with Gasteiger partial charge < -0.3 is 5.73 Å². The molecule has 0 heterocycles. The van der Waals surface area contributed by atoms with E-state index in [1.54, 1.807) is 0 Å². The standard InChI is InChI=1S/C4H7F3N2S2/c5-4(6,7)11-2-1-10-3(8)9/h1-2H2,(H3,8,9). The molecule has 0 fully saturated rings. The van der Waals surface area contributed by atoms with E-state index in [-0.39, 0.29) is 28.4 Å². The summed E-state index contributed by atoms with van der Waals surface area (Å²) in [6, 6.07) is 0. The second-order valence-electron chi connectivity index (χ2n) is 1.51. The lowest BCUT2D eigenvalue weighted by Gasteiger charge is -2.03. The van der Waals surface area contributed by atoms with Gasteiger partial charge in [-0.15, -0.1) is 0 Å². The number of hydrogen-bond donors (Lipinski definition) is 2. The van der Waals surface area contributed by atoms with Crippen LogP contribution in [0.3, 0.4) is 0 Å². The second kappa shape index (κ2) is 4.76. The molecule has 7 heteroatoms. The lowest BCUT2D eigenvalue weighted by Crippen LogP contribution is -2.07. The summed E-state index contributed by atoms with van der Waals surface area (Å²) in [5, 5.41) is 6.53. The number of hydrogen-bond acceptors (Lipinski definition) is 3. The average Bonchev–Trinajstić information content (AvgIpc) is 1.78. The Hall–Kier alpha value is -0.0400. The Labute approximate surface area is 70.6 Å². The van der Waals surface area contributed by atoms with Gasteiger partial charge in [0.15, 0.2) is 5.17 Å². The molecule has 0 aromatic heterocycles. The van der Waals surface area contributed by atoms with Gasteiger partial charge in [-0.25, -0.2) is 0 Å². The topological polar surface area (TPSA) is 49.9 Å². The van der Waals surface area contributed by atoms with Crippen LogP contribution in [-0.4, -0.2) is 22.2 Å². The van der Waals surface area contributed by atoms with Crippen LogP contribution in [0.1, 0.15) is 0 Å². The van der Waals surface area contributed by atoms with Crippen LogP contribution in [0, 0.1) is 5.41 Å². The number of nitrogens with two attached hydrogens (primary N) is 1. The van der Waals surface area contributed by atoms with Crippen molar-refractivity contribution in [2.24, 2.45) is 5.73 Å². The lowest BCUT2D eigenvalue weighted by atomic mass is 11.0. The lowest BCUT2D eigenvalue weighted by molar-refractivity contribution is -0.0326. The first-order valence-corrected chi connectivity index (χ1v) is 4.56. The van der Waals surface area contributed by atoms with E-state index in [0.29, 0.717) is 0 Å². The second-order valence-corrected chi connectivity index (χ2v) is 3.80. The van der Waals surface area contributed by atoms with E-state index in [1.165, 1.54) is 0 Å². The van der Waals surface area contributed by atoms with Crippen LogP contribution in [0.2, 0.25) is 0 Å². The summed E-state index contributed by atoms with van der Waals surface area (Å²) in [4.78, 5) is 0. The number of nitrogens with one attached hydrogen (secondary N) is 1. The quantitative estimate of drug-likeness (QED) is 0.419. The molecule has 0 aliphatic heterocycles. The monoisotopic (exact) mass is 204 g/mol. The average molecular weight is 204 g/mol. The van der Waals surface area contributed by atoms with Gasteiger partial charge in [0.2, 0.25) is 0 Å². The fourth-order valence-corrected chi connectivity index (χ4v) is 1.43. The van der Waals surface area contributed by atoms with Crippen LogP contribution in [0.25, 0.3) is 0 Å². The van der Waals surface area contributed by atoms with Crippen molar-refractivity contribution in [3.63, 3.8) is 0 Å². The van der Waals surface area contributed by atoms with Gasteiger partial charge in [-0.05, 0) is 0 Å². The summed E-state index contributed by atoms with van der Waals surface area (Å²) < 4.78 is 34.3. The molecule has 0 atom stereocenters. The molecule has 0 saturated carbocycles. The highest BCUT2D eigenvalue weighted by molar-refractivity contribution is 8.14. The zero-order valence-corrected chi connectivity index (χ0v) is 7.07. The summed E-state index contributed by atoms with van der Waals surface area (Å²) in [5.41, 5.74) is 0.729. The van der Waals surface area contributed by atoms with Crippen molar-refractivity contribution in [1.29, 1.82) is 5.41 Å². The van der Waals surface area contributed by atoms with Crippen molar-refractivity contribution < 1.29 is 13.2 Å². The van der Waals surface area contributed by atoms with Gasteiger partial charge in [-0.2, -0.15) is 13.2 Å². The molecule has 11 heavy (non-hydrogen) atoms. The molecule has 0 radical (unpaired) electrons. The van der Waals surface area contributed by atoms with Crippen LogP contribution < -0.4 is 5.73 Å². The highest BCUT2D eigenvalue weighted by Crippen LogP contribution is 2.30. The highest BCUT2D eigenvalue weighted by Gasteiger charge is 2.27. The minimum absolute atomic E-state index is 0.0618. The number of alkyl halides is 3. The normalized spacial score (nSPS) is 11.5. The van der Waals surface area contributed by atoms with Crippen molar-refractivity contribution >= 4 is 28.7 Å². The Bertz CT molecular complexity index is 136. The maximum atomic E-state index is 11.4. The Kier molecular flexibility index (Phi) is 4.74. The predicted octanol–water partition coefficient (Wildman–Crippen LogP) is 1.87. The van der Waals surface area contributed by atoms with E-state index in [9.17, 15) is 13.2 Å². The summed E-state index contributed by atoms with van der Waals surface area (Å²) >= 11 is 0.815. The largest absolute Gasteiger partial charge is 0.441 e. The Balaban J connectivity index is 3.22. The molecule has 0 saturated heterocycles. The van der Waals surface area contributed by atoms with Gasteiger partial charge in [0, 0.05) is 11.5 Å². The van der Waals surface area contributed by atoms with Crippen molar-refractivity contribution in [2.45, 2.75) is 5.51 Å². The molecular weight excluding hydrogens is 197 g/mol. The van der Waals surface area contributed by atoms with E-state index in [2.05, 4.69) is 0 Å². The molecule has 0 aliphatic rings. The number of rotatable bonds is 3. The van der Waals surface area contributed by atoms with E-state index in [0.717, 1.165) is 11.8 Å². The predicted molar refractivity (Wildman–Crippen MR) is 42.9 cm³/mol. The van der Waals surface area contributed by atoms with Gasteiger partial charge in [-0.3, -0.25) is 5.41 Å². The first-order valence-electron chi connectivity index (χ1n) is 2.59. The molecule has 3 N–H and O–H groups in total. The van der Waals surface area contributed by atoms with Crippen LogP contribution in [0.4, 0.5) is 13.2 Å². The first kappa shape index (κ1) is 11.0. The number of thioether (sulfide) groups is 2. The maximum absolute atomic E-state index is 11.4. The van der Waals surface area contributed by atoms with Crippen molar-refractivity contribution in [3.05, 3.63) is 0 Å². The van der Waals surface area contributed by atoms with E-state index in [4.69, 9.17) is 11.1 Å². The Morgan fingerprint density at radius 2 is 1.91 bits per heavy atom. The maximum Gasteiger partial charge on any atom is 0.441 e. The fraction of sp³-hybridized carbons (Fsp3) is 0.750. The van der Waals surface area contributed by atoms with Crippen molar-refractivity contribution in [2.75, 3.05) is 11.5 Å². The molecule has 0 amide bonds. The van der Waals surface area contributed by atoms with Crippen molar-refractivity contribution in [1.82, 2.24) is 0 Å². The molecule has 0 aromatic rings. The molecule has 66 valence electrons. The number of amidine groups is 1. The Morgan fingerprint density at radius 3 is 2.27 bits per heavy atom. The van der Waals surface area contributed by atoms with Crippen molar-refractivity contribution in [3.8, 4) is 0 Å². The summed E-state index contributed by atoms with van der Waals surface area (Å²) in [6.07, 6.45) is 0. The van der Waals surface area contributed by atoms with E-state index in [1.807, 2.05) is 0 Å². The van der Waals surface area contributed by atoms with Gasteiger partial charge in [0.25, 0.3) is 0 Å². The summed E-state index contributed by atoms with van der Waals surface area (Å²) in [5.74, 6) is 0.160. The SMILES string of the molecule is N=C(N)SCCSC(F)(F)F. The molecular formula is C4H7F3N2S2. The summed E-state index contributed by atoms with van der Waals surface area (Å²) in [6.45, 7) is 0. The van der Waals surface area contributed by atoms with Gasteiger partial charge in [0.05, 0.1) is 0 Å². The third kappa shape index (κ3) is 9.96. The van der Waals surface area contributed by atoms with Crippen LogP contribution in [-0.2, 0) is 0 Å². The van der Waals surface area contributed by atoms with Crippen LogP contribution in [0.5, 0.6) is 0 Å². The van der Waals surface area contributed by atoms with E-state index >= 15 is 0 Å². The van der Waals surface area contributed by atoms with Gasteiger partial charge >= 0.3 is 5.51 Å². The van der Waals surface area contributed by atoms with Gasteiger partial charge in [0.1, 0.15) is 0 Å². The first-order chi connectivity index (χ1) is 4.92. The summed E-state index contributed by atoms with van der Waals surface area (Å²) in [7, 11) is 0. The fourth-order valence-electron chi connectivity index (χ4n) is 0.309. The van der Waals surface area contributed by atoms with E-state index < -0.39 is 5.51 Å². The third-order valence-electron chi connectivity index (χ3n) is 0.607. The third-order valence-corrected chi connectivity index (χ3v) is 2.32. The Morgan fingerprint density at radius 1 is 1.36 bits per heavy atom. The van der Waals surface area contributed by atoms with Crippen LogP contribution in [0.15, 0.2) is 0 Å². The zero-order chi connectivity index (χ0) is 8.91. The minimum Gasteiger partial charge on any atom is -0.379 e. The van der Waals surface area contributed by atoms with Crippen LogP contribution >= 0.6 is 23.5 Å². The molecule has 0 aromatic carbocycles. The molecule has 0 aliphatic carbocycles. The molecule has 0 unspecified atom stereocenters.